The predicted octanol–water partition coefficient (Wildman–Crippen LogP) is 3.20. The molecule has 0 saturated carbocycles. The Morgan fingerprint density at radius 2 is 2.06 bits per heavy atom. The highest BCUT2D eigenvalue weighted by atomic mass is 16.6. The van der Waals surface area contributed by atoms with E-state index >= 15 is 0 Å². The van der Waals surface area contributed by atoms with Crippen LogP contribution in [0.5, 0.6) is 0 Å². The first kappa shape index (κ1) is 14.4. The second-order valence-corrected chi connectivity index (χ2v) is 4.58. The van der Waals surface area contributed by atoms with Crippen LogP contribution < -0.4 is 5.32 Å². The fraction of sp³-hybridized carbons (Fsp3) is 0.538. The topological polar surface area (TPSA) is 64.4 Å². The van der Waals surface area contributed by atoms with Crippen molar-refractivity contribution in [3.63, 3.8) is 0 Å². The lowest BCUT2D eigenvalue weighted by molar-refractivity contribution is -0.384. The van der Waals surface area contributed by atoms with E-state index in [0.717, 1.165) is 5.56 Å². The van der Waals surface area contributed by atoms with Crippen LogP contribution in [0.15, 0.2) is 18.2 Å². The first-order valence-electron chi connectivity index (χ1n) is 6.03. The molecule has 0 aliphatic heterocycles. The van der Waals surface area contributed by atoms with Crippen molar-refractivity contribution in [1.82, 2.24) is 0 Å². The molecule has 5 nitrogen and oxygen atoms in total. The van der Waals surface area contributed by atoms with Crippen LogP contribution in [-0.2, 0) is 11.3 Å². The van der Waals surface area contributed by atoms with Gasteiger partial charge >= 0.3 is 0 Å². The SMILES string of the molecule is CNc1c(COC(C)C(C)C)cccc1[N+](=O)[O-]. The van der Waals surface area contributed by atoms with Crippen molar-refractivity contribution >= 4 is 11.4 Å². The molecule has 0 spiro atoms. The van der Waals surface area contributed by atoms with E-state index in [4.69, 9.17) is 4.74 Å². The highest BCUT2D eigenvalue weighted by Gasteiger charge is 2.17. The molecule has 1 rings (SSSR count). The van der Waals surface area contributed by atoms with Crippen LogP contribution in [0.1, 0.15) is 26.3 Å². The number of nitro benzene ring substituents is 1. The predicted molar refractivity (Wildman–Crippen MR) is 71.7 cm³/mol. The zero-order valence-electron chi connectivity index (χ0n) is 11.3. The van der Waals surface area contributed by atoms with Crippen molar-refractivity contribution in [3.05, 3.63) is 33.9 Å². The number of hydrogen-bond acceptors (Lipinski definition) is 4. The van der Waals surface area contributed by atoms with Gasteiger partial charge in [-0.1, -0.05) is 26.0 Å². The summed E-state index contributed by atoms with van der Waals surface area (Å²) in [7, 11) is 1.68. The molecule has 0 bridgehead atoms. The molecule has 0 aliphatic rings. The summed E-state index contributed by atoms with van der Waals surface area (Å²) in [5.41, 5.74) is 1.41. The average molecular weight is 252 g/mol. The Morgan fingerprint density at radius 1 is 1.39 bits per heavy atom. The molecule has 1 aromatic carbocycles. The van der Waals surface area contributed by atoms with Gasteiger partial charge in [0.15, 0.2) is 0 Å². The van der Waals surface area contributed by atoms with Crippen molar-refractivity contribution in [1.29, 1.82) is 0 Å². The lowest BCUT2D eigenvalue weighted by Gasteiger charge is -2.17. The van der Waals surface area contributed by atoms with Crippen LogP contribution in [0.2, 0.25) is 0 Å². The minimum atomic E-state index is -0.388. The molecule has 1 atom stereocenters. The van der Waals surface area contributed by atoms with Crippen LogP contribution >= 0.6 is 0 Å². The maximum absolute atomic E-state index is 10.9. The minimum absolute atomic E-state index is 0.0794. The van der Waals surface area contributed by atoms with Gasteiger partial charge in [-0.25, -0.2) is 0 Å². The molecular weight excluding hydrogens is 232 g/mol. The molecule has 18 heavy (non-hydrogen) atoms. The number of anilines is 1. The van der Waals surface area contributed by atoms with E-state index in [2.05, 4.69) is 19.2 Å². The fourth-order valence-corrected chi connectivity index (χ4v) is 1.56. The van der Waals surface area contributed by atoms with E-state index in [1.165, 1.54) is 6.07 Å². The average Bonchev–Trinajstić information content (AvgIpc) is 2.34. The standard InChI is InChI=1S/C13H20N2O3/c1-9(2)10(3)18-8-11-6-5-7-12(15(16)17)13(11)14-4/h5-7,9-10,14H,8H2,1-4H3. The van der Waals surface area contributed by atoms with Gasteiger partial charge in [-0.2, -0.15) is 0 Å². The van der Waals surface area contributed by atoms with Gasteiger partial charge in [0.2, 0.25) is 0 Å². The van der Waals surface area contributed by atoms with Crippen molar-refractivity contribution in [2.75, 3.05) is 12.4 Å². The Bertz CT molecular complexity index is 419. The van der Waals surface area contributed by atoms with Gasteiger partial charge in [-0.3, -0.25) is 10.1 Å². The summed E-state index contributed by atoms with van der Waals surface area (Å²) in [6, 6.07) is 5.00. The zero-order chi connectivity index (χ0) is 13.7. The summed E-state index contributed by atoms with van der Waals surface area (Å²) >= 11 is 0. The largest absolute Gasteiger partial charge is 0.382 e. The Balaban J connectivity index is 2.89. The molecule has 1 aromatic rings. The molecule has 1 N–H and O–H groups in total. The normalized spacial score (nSPS) is 12.5. The molecule has 100 valence electrons. The molecule has 0 heterocycles. The highest BCUT2D eigenvalue weighted by Crippen LogP contribution is 2.28. The number of para-hydroxylation sites is 1. The maximum atomic E-state index is 10.9. The van der Waals surface area contributed by atoms with E-state index in [1.54, 1.807) is 13.1 Å². The summed E-state index contributed by atoms with van der Waals surface area (Å²) in [6.45, 7) is 6.53. The molecule has 0 aliphatic carbocycles. The minimum Gasteiger partial charge on any atom is -0.382 e. The second kappa shape index (κ2) is 6.35. The van der Waals surface area contributed by atoms with Crippen LogP contribution in [-0.4, -0.2) is 18.1 Å². The van der Waals surface area contributed by atoms with Gasteiger partial charge in [-0.05, 0) is 12.8 Å². The van der Waals surface area contributed by atoms with Gasteiger partial charge in [-0.15, -0.1) is 0 Å². The first-order chi connectivity index (χ1) is 8.47. The Hall–Kier alpha value is -1.62. The number of hydrogen-bond donors (Lipinski definition) is 1. The van der Waals surface area contributed by atoms with E-state index < -0.39 is 0 Å². The number of rotatable bonds is 6. The molecule has 0 saturated heterocycles. The lowest BCUT2D eigenvalue weighted by atomic mass is 10.1. The number of nitrogens with one attached hydrogen (secondary N) is 1. The Kier molecular flexibility index (Phi) is 5.09. The zero-order valence-corrected chi connectivity index (χ0v) is 11.3. The number of ether oxygens (including phenoxy) is 1. The molecule has 0 radical (unpaired) electrons. The Morgan fingerprint density at radius 3 is 2.56 bits per heavy atom. The van der Waals surface area contributed by atoms with Gasteiger partial charge in [0.25, 0.3) is 5.69 Å². The fourth-order valence-electron chi connectivity index (χ4n) is 1.56. The second-order valence-electron chi connectivity index (χ2n) is 4.58. The van der Waals surface area contributed by atoms with Crippen molar-refractivity contribution in [2.45, 2.75) is 33.5 Å². The Labute approximate surface area is 107 Å². The van der Waals surface area contributed by atoms with Gasteiger partial charge in [0, 0.05) is 18.7 Å². The first-order valence-corrected chi connectivity index (χ1v) is 6.03. The maximum Gasteiger partial charge on any atom is 0.292 e. The van der Waals surface area contributed by atoms with E-state index in [9.17, 15) is 10.1 Å². The third kappa shape index (κ3) is 3.43. The van der Waals surface area contributed by atoms with Crippen molar-refractivity contribution in [2.24, 2.45) is 5.92 Å². The summed E-state index contributed by atoms with van der Waals surface area (Å²) in [6.07, 6.45) is 0.119. The van der Waals surface area contributed by atoms with E-state index in [1.807, 2.05) is 13.0 Å². The monoisotopic (exact) mass is 252 g/mol. The number of benzene rings is 1. The molecule has 5 heteroatoms. The molecular formula is C13H20N2O3. The lowest BCUT2D eigenvalue weighted by Crippen LogP contribution is -2.15. The summed E-state index contributed by atoms with van der Waals surface area (Å²) in [5, 5.41) is 13.8. The number of nitro groups is 1. The summed E-state index contributed by atoms with van der Waals surface area (Å²) in [5.74, 6) is 0.418. The smallest absolute Gasteiger partial charge is 0.292 e. The van der Waals surface area contributed by atoms with E-state index in [0.29, 0.717) is 18.2 Å². The van der Waals surface area contributed by atoms with Crippen molar-refractivity contribution < 1.29 is 9.66 Å². The molecule has 0 fully saturated rings. The summed E-state index contributed by atoms with van der Waals surface area (Å²) in [4.78, 5) is 10.5. The third-order valence-corrected chi connectivity index (χ3v) is 3.02. The van der Waals surface area contributed by atoms with Crippen molar-refractivity contribution in [3.8, 4) is 0 Å². The third-order valence-electron chi connectivity index (χ3n) is 3.02. The van der Waals surface area contributed by atoms with Crippen LogP contribution in [0.3, 0.4) is 0 Å². The summed E-state index contributed by atoms with van der Waals surface area (Å²) < 4.78 is 5.70. The van der Waals surface area contributed by atoms with Gasteiger partial charge in [0.05, 0.1) is 17.6 Å². The number of nitrogens with zero attached hydrogens (tertiary/aromatic N) is 1. The van der Waals surface area contributed by atoms with E-state index in [-0.39, 0.29) is 16.7 Å². The quantitative estimate of drug-likeness (QED) is 0.623. The molecule has 1 unspecified atom stereocenters. The van der Waals surface area contributed by atoms with Gasteiger partial charge in [0.1, 0.15) is 5.69 Å². The van der Waals surface area contributed by atoms with Gasteiger partial charge < -0.3 is 10.1 Å². The molecule has 0 aromatic heterocycles. The molecule has 0 amide bonds. The van der Waals surface area contributed by atoms with Crippen LogP contribution in [0.25, 0.3) is 0 Å². The van der Waals surface area contributed by atoms with Crippen LogP contribution in [0.4, 0.5) is 11.4 Å². The highest BCUT2D eigenvalue weighted by molar-refractivity contribution is 5.65. The van der Waals surface area contributed by atoms with Crippen LogP contribution in [0, 0.1) is 16.0 Å².